The minimum atomic E-state index is -5.08. The van der Waals surface area contributed by atoms with Crippen molar-refractivity contribution >= 4 is 23.7 Å². The van der Waals surface area contributed by atoms with E-state index in [2.05, 4.69) is 22.3 Å². The molecule has 4 rings (SSSR count). The summed E-state index contributed by atoms with van der Waals surface area (Å²) in [6, 6.07) is 14.1. The number of esters is 1. The van der Waals surface area contributed by atoms with E-state index in [1.54, 1.807) is 0 Å². The lowest BCUT2D eigenvalue weighted by Crippen LogP contribution is -2.35. The summed E-state index contributed by atoms with van der Waals surface area (Å²) >= 11 is 0. The molecule has 260 valence electrons. The number of methoxy groups -OCH3 is 1. The Kier molecular flexibility index (Phi) is 15.3. The lowest BCUT2D eigenvalue weighted by atomic mass is 9.90. The van der Waals surface area contributed by atoms with Gasteiger partial charge < -0.3 is 25.2 Å². The first-order valence-electron chi connectivity index (χ1n) is 14.9. The fourth-order valence-electron chi connectivity index (χ4n) is 5.10. The summed E-state index contributed by atoms with van der Waals surface area (Å²) in [4.78, 5) is 44.6. The van der Waals surface area contributed by atoms with Crippen molar-refractivity contribution in [1.82, 2.24) is 10.2 Å². The number of carboxylic acid groups (broad SMARTS) is 2. The third kappa shape index (κ3) is 14.1. The van der Waals surface area contributed by atoms with Crippen LogP contribution in [0.3, 0.4) is 0 Å². The Morgan fingerprint density at radius 3 is 1.85 bits per heavy atom. The zero-order chi connectivity index (χ0) is 35.2. The van der Waals surface area contributed by atoms with Gasteiger partial charge in [-0.1, -0.05) is 24.3 Å². The Morgan fingerprint density at radius 2 is 1.34 bits per heavy atom. The summed E-state index contributed by atoms with van der Waals surface area (Å²) in [5.41, 5.74) is 5.50. The quantitative estimate of drug-likeness (QED) is 0.192. The van der Waals surface area contributed by atoms with Gasteiger partial charge >= 0.3 is 30.3 Å². The molecule has 0 aliphatic carbocycles. The Morgan fingerprint density at radius 1 is 0.830 bits per heavy atom. The van der Waals surface area contributed by atoms with Crippen LogP contribution in [0.4, 0.5) is 26.3 Å². The van der Waals surface area contributed by atoms with Crippen LogP contribution in [0.1, 0.15) is 63.1 Å². The summed E-state index contributed by atoms with van der Waals surface area (Å²) in [6.45, 7) is 5.23. The molecule has 2 aliphatic rings. The van der Waals surface area contributed by atoms with Crippen molar-refractivity contribution in [3.05, 3.63) is 70.3 Å². The van der Waals surface area contributed by atoms with Crippen molar-refractivity contribution in [2.45, 2.75) is 57.3 Å². The number of Topliss-reactive ketones (excluding diaryl/α,β-unsaturated/α-hetero) is 1. The molecule has 1 saturated heterocycles. The molecule has 9 nitrogen and oxygen atoms in total. The maximum absolute atomic E-state index is 12.7. The predicted molar refractivity (Wildman–Crippen MR) is 158 cm³/mol. The van der Waals surface area contributed by atoms with Gasteiger partial charge in [0.1, 0.15) is 0 Å². The van der Waals surface area contributed by atoms with E-state index >= 15 is 0 Å². The van der Waals surface area contributed by atoms with Gasteiger partial charge in [0.25, 0.3) is 0 Å². The first kappa shape index (κ1) is 39.2. The number of fused-ring (bicyclic) bond motifs is 1. The average Bonchev–Trinajstić information content (AvgIpc) is 3.26. The SMILES string of the molecule is COC(=O)c1ccc(CC2CCN(CCCC(=O)c3ccc4c(c3)CCNCC4)CC2)cc1.O=C(O)C(F)(F)F.O=C(O)C(F)(F)F. The number of ether oxygens (including phenoxy) is 1. The molecule has 3 N–H and O–H groups in total. The first-order chi connectivity index (χ1) is 22.0. The normalized spacial score (nSPS) is 15.5. The highest BCUT2D eigenvalue weighted by molar-refractivity contribution is 5.96. The number of hydrogen-bond donors (Lipinski definition) is 3. The number of carbonyl (C=O) groups excluding carboxylic acids is 2. The van der Waals surface area contributed by atoms with E-state index in [9.17, 15) is 35.9 Å². The van der Waals surface area contributed by atoms with E-state index < -0.39 is 24.3 Å². The van der Waals surface area contributed by atoms with E-state index in [-0.39, 0.29) is 11.8 Å². The Bertz CT molecular complexity index is 1310. The smallest absolute Gasteiger partial charge is 0.475 e. The number of nitrogens with one attached hydrogen (secondary N) is 1. The van der Waals surface area contributed by atoms with Crippen molar-refractivity contribution in [3.8, 4) is 0 Å². The van der Waals surface area contributed by atoms with Gasteiger partial charge in [-0.15, -0.1) is 0 Å². The average molecular weight is 677 g/mol. The number of halogens is 6. The summed E-state index contributed by atoms with van der Waals surface area (Å²) in [6.07, 6.45) is -3.11. The molecule has 0 spiro atoms. The van der Waals surface area contributed by atoms with E-state index in [1.807, 2.05) is 30.3 Å². The van der Waals surface area contributed by atoms with Crippen molar-refractivity contribution in [2.75, 3.05) is 39.8 Å². The first-order valence-corrected chi connectivity index (χ1v) is 14.9. The maximum atomic E-state index is 12.7. The van der Waals surface area contributed by atoms with Gasteiger partial charge in [-0.2, -0.15) is 26.3 Å². The van der Waals surface area contributed by atoms with Crippen LogP contribution in [0.25, 0.3) is 0 Å². The molecule has 2 aliphatic heterocycles. The van der Waals surface area contributed by atoms with Crippen molar-refractivity contribution in [1.29, 1.82) is 0 Å². The van der Waals surface area contributed by atoms with Crippen LogP contribution >= 0.6 is 0 Å². The molecule has 0 aromatic heterocycles. The maximum Gasteiger partial charge on any atom is 0.490 e. The minimum Gasteiger partial charge on any atom is -0.475 e. The molecule has 47 heavy (non-hydrogen) atoms. The van der Waals surface area contributed by atoms with Gasteiger partial charge in [0.2, 0.25) is 0 Å². The second-order valence-electron chi connectivity index (χ2n) is 11.0. The zero-order valence-corrected chi connectivity index (χ0v) is 25.8. The van der Waals surface area contributed by atoms with Crippen LogP contribution in [-0.4, -0.2) is 91.0 Å². The largest absolute Gasteiger partial charge is 0.490 e. The summed E-state index contributed by atoms with van der Waals surface area (Å²) in [5.74, 6) is -4.84. The topological polar surface area (TPSA) is 133 Å². The molecular weight excluding hydrogens is 638 g/mol. The van der Waals surface area contributed by atoms with Crippen LogP contribution in [-0.2, 0) is 33.6 Å². The Balaban J connectivity index is 0.000000459. The monoisotopic (exact) mass is 676 g/mol. The van der Waals surface area contributed by atoms with Crippen LogP contribution in [0, 0.1) is 5.92 Å². The molecule has 0 atom stereocenters. The predicted octanol–water partition coefficient (Wildman–Crippen LogP) is 5.35. The molecule has 2 heterocycles. The van der Waals surface area contributed by atoms with Gasteiger partial charge in [0.05, 0.1) is 12.7 Å². The zero-order valence-electron chi connectivity index (χ0n) is 25.8. The fraction of sp³-hybridized carbons (Fsp3) is 0.500. The molecular formula is C32H38F6N2O7. The number of ketones is 1. The third-order valence-corrected chi connectivity index (χ3v) is 7.64. The van der Waals surface area contributed by atoms with Crippen molar-refractivity contribution in [3.63, 3.8) is 0 Å². The molecule has 2 aromatic rings. The molecule has 0 radical (unpaired) electrons. The third-order valence-electron chi connectivity index (χ3n) is 7.64. The highest BCUT2D eigenvalue weighted by atomic mass is 19.4. The van der Waals surface area contributed by atoms with Crippen LogP contribution in [0.5, 0.6) is 0 Å². The highest BCUT2D eigenvalue weighted by Gasteiger charge is 2.38. The van der Waals surface area contributed by atoms with Crippen molar-refractivity contribution < 1.29 is 60.5 Å². The second kappa shape index (κ2) is 18.4. The van der Waals surface area contributed by atoms with Gasteiger partial charge in [-0.3, -0.25) is 4.79 Å². The molecule has 1 fully saturated rings. The summed E-state index contributed by atoms with van der Waals surface area (Å²) < 4.78 is 68.2. The molecule has 0 saturated carbocycles. The molecule has 2 aromatic carbocycles. The molecule has 0 bridgehead atoms. The van der Waals surface area contributed by atoms with Gasteiger partial charge in [0, 0.05) is 12.0 Å². The Labute approximate surface area is 267 Å². The number of alkyl halides is 6. The number of carboxylic acids is 2. The van der Waals surface area contributed by atoms with Crippen LogP contribution in [0.15, 0.2) is 42.5 Å². The second-order valence-corrected chi connectivity index (χ2v) is 11.0. The molecule has 15 heteroatoms. The minimum absolute atomic E-state index is 0.278. The number of aliphatic carboxylic acids is 2. The molecule has 0 amide bonds. The van der Waals surface area contributed by atoms with Gasteiger partial charge in [0.15, 0.2) is 5.78 Å². The van der Waals surface area contributed by atoms with E-state index in [1.165, 1.54) is 36.6 Å². The fourth-order valence-corrected chi connectivity index (χ4v) is 5.10. The van der Waals surface area contributed by atoms with Crippen molar-refractivity contribution in [2.24, 2.45) is 5.92 Å². The number of likely N-dealkylation sites (tertiary alicyclic amines) is 1. The van der Waals surface area contributed by atoms with Crippen LogP contribution < -0.4 is 5.32 Å². The number of carbonyl (C=O) groups is 4. The van der Waals surface area contributed by atoms with Gasteiger partial charge in [-0.05, 0) is 112 Å². The number of benzene rings is 2. The number of hydrogen-bond acceptors (Lipinski definition) is 7. The Hall–Kier alpha value is -3.98. The lowest BCUT2D eigenvalue weighted by Gasteiger charge is -2.32. The lowest BCUT2D eigenvalue weighted by molar-refractivity contribution is -0.193. The number of rotatable bonds is 8. The van der Waals surface area contributed by atoms with E-state index in [0.29, 0.717) is 17.9 Å². The number of piperidine rings is 1. The molecule has 0 unspecified atom stereocenters. The standard InChI is InChI=1S/C28H36N2O3.2C2HF3O2/c1-33-28(32)24-6-4-21(5-7-24)19-22-12-17-30(18-13-22)16-2-3-27(31)26-9-8-23-10-14-29-15-11-25(23)20-26;2*3-2(4,5)1(6)7/h4-9,20,22,29H,2-3,10-19H2,1H3;2*(H,6,7). The van der Waals surface area contributed by atoms with E-state index in [0.717, 1.165) is 64.0 Å². The van der Waals surface area contributed by atoms with Gasteiger partial charge in [-0.25, -0.2) is 14.4 Å². The summed E-state index contributed by atoms with van der Waals surface area (Å²) in [7, 11) is 1.41. The van der Waals surface area contributed by atoms with E-state index in [4.69, 9.17) is 24.5 Å². The summed E-state index contributed by atoms with van der Waals surface area (Å²) in [5, 5.41) is 17.7. The highest BCUT2D eigenvalue weighted by Crippen LogP contribution is 2.23. The van der Waals surface area contributed by atoms with Crippen LogP contribution in [0.2, 0.25) is 0 Å². The number of nitrogens with zero attached hydrogens (tertiary/aromatic N) is 1.